The number of aromatic nitrogens is 1. The van der Waals surface area contributed by atoms with Crippen LogP contribution >= 0.6 is 0 Å². The number of pyridine rings is 1. The van der Waals surface area contributed by atoms with Gasteiger partial charge in [-0.05, 0) is 37.5 Å². The standard InChI is InChI=1S/C15H26N2O/c1-4-6-10-17(11-7-5-2)15-12-14(13(3)18)8-9-16-15/h8-9,12-13,18H,4-7,10-11H2,1-3H3/t13-/m1/s1. The zero-order valence-corrected chi connectivity index (χ0v) is 11.9. The predicted octanol–water partition coefficient (Wildman–Crippen LogP) is 3.54. The van der Waals surface area contributed by atoms with Crippen molar-refractivity contribution in [1.29, 1.82) is 0 Å². The maximum Gasteiger partial charge on any atom is 0.128 e. The molecule has 3 nitrogen and oxygen atoms in total. The molecule has 102 valence electrons. The molecule has 1 aromatic rings. The zero-order chi connectivity index (χ0) is 13.4. The molecule has 0 fully saturated rings. The van der Waals surface area contributed by atoms with E-state index in [1.54, 1.807) is 13.1 Å². The number of hydrogen-bond acceptors (Lipinski definition) is 3. The molecule has 0 aromatic carbocycles. The van der Waals surface area contributed by atoms with Gasteiger partial charge in [0.1, 0.15) is 5.82 Å². The SMILES string of the molecule is CCCCN(CCCC)c1cc([C@@H](C)O)ccn1. The Morgan fingerprint density at radius 1 is 1.22 bits per heavy atom. The van der Waals surface area contributed by atoms with Gasteiger partial charge in [0.05, 0.1) is 6.10 Å². The lowest BCUT2D eigenvalue weighted by molar-refractivity contribution is 0.199. The van der Waals surface area contributed by atoms with Crippen molar-refractivity contribution in [3.8, 4) is 0 Å². The summed E-state index contributed by atoms with van der Waals surface area (Å²) >= 11 is 0. The molecule has 0 unspecified atom stereocenters. The number of aliphatic hydroxyl groups is 1. The Morgan fingerprint density at radius 3 is 2.33 bits per heavy atom. The third kappa shape index (κ3) is 4.65. The Balaban J connectivity index is 2.78. The van der Waals surface area contributed by atoms with E-state index in [4.69, 9.17) is 0 Å². The van der Waals surface area contributed by atoms with E-state index in [2.05, 4.69) is 23.7 Å². The Bertz CT molecular complexity index is 331. The Kier molecular flexibility index (Phi) is 6.73. The largest absolute Gasteiger partial charge is 0.389 e. The average Bonchev–Trinajstić information content (AvgIpc) is 2.39. The van der Waals surface area contributed by atoms with Crippen molar-refractivity contribution in [1.82, 2.24) is 4.98 Å². The molecule has 0 aliphatic heterocycles. The molecular weight excluding hydrogens is 224 g/mol. The first-order valence-corrected chi connectivity index (χ1v) is 7.08. The van der Waals surface area contributed by atoms with Crippen LogP contribution in [0.4, 0.5) is 5.82 Å². The summed E-state index contributed by atoms with van der Waals surface area (Å²) in [5.41, 5.74) is 0.943. The van der Waals surface area contributed by atoms with Crippen LogP contribution < -0.4 is 4.90 Å². The molecule has 0 bridgehead atoms. The van der Waals surface area contributed by atoms with Gasteiger partial charge in [-0.25, -0.2) is 4.98 Å². The molecule has 1 heterocycles. The lowest BCUT2D eigenvalue weighted by atomic mass is 10.1. The molecule has 0 saturated carbocycles. The summed E-state index contributed by atoms with van der Waals surface area (Å²) in [5.74, 6) is 0.996. The predicted molar refractivity (Wildman–Crippen MR) is 76.9 cm³/mol. The number of aliphatic hydroxyl groups excluding tert-OH is 1. The lowest BCUT2D eigenvalue weighted by Gasteiger charge is -2.24. The zero-order valence-electron chi connectivity index (χ0n) is 11.9. The van der Waals surface area contributed by atoms with Crippen molar-refractivity contribution >= 4 is 5.82 Å². The minimum absolute atomic E-state index is 0.425. The molecule has 0 amide bonds. The van der Waals surface area contributed by atoms with Crippen molar-refractivity contribution in [3.05, 3.63) is 23.9 Å². The van der Waals surface area contributed by atoms with Crippen molar-refractivity contribution in [2.24, 2.45) is 0 Å². The highest BCUT2D eigenvalue weighted by atomic mass is 16.3. The van der Waals surface area contributed by atoms with Gasteiger partial charge in [0.2, 0.25) is 0 Å². The number of nitrogens with zero attached hydrogens (tertiary/aromatic N) is 2. The molecule has 1 atom stereocenters. The molecule has 18 heavy (non-hydrogen) atoms. The Hall–Kier alpha value is -1.09. The minimum Gasteiger partial charge on any atom is -0.389 e. The molecule has 1 aromatic heterocycles. The van der Waals surface area contributed by atoms with Crippen LogP contribution in [0.3, 0.4) is 0 Å². The highest BCUT2D eigenvalue weighted by Gasteiger charge is 2.09. The first-order chi connectivity index (χ1) is 8.69. The summed E-state index contributed by atoms with van der Waals surface area (Å²) < 4.78 is 0. The van der Waals surface area contributed by atoms with Crippen LogP contribution in [0.25, 0.3) is 0 Å². The highest BCUT2D eigenvalue weighted by Crippen LogP contribution is 2.18. The van der Waals surface area contributed by atoms with Crippen LogP contribution in [0.2, 0.25) is 0 Å². The highest BCUT2D eigenvalue weighted by molar-refractivity contribution is 5.41. The first-order valence-electron chi connectivity index (χ1n) is 7.08. The smallest absolute Gasteiger partial charge is 0.128 e. The van der Waals surface area contributed by atoms with Gasteiger partial charge in [-0.2, -0.15) is 0 Å². The first kappa shape index (κ1) is 15.0. The van der Waals surface area contributed by atoms with Gasteiger partial charge in [-0.15, -0.1) is 0 Å². The maximum absolute atomic E-state index is 9.64. The van der Waals surface area contributed by atoms with E-state index in [1.807, 2.05) is 12.1 Å². The molecule has 0 radical (unpaired) electrons. The minimum atomic E-state index is -0.425. The number of anilines is 1. The van der Waals surface area contributed by atoms with Crippen molar-refractivity contribution in [2.45, 2.75) is 52.6 Å². The van der Waals surface area contributed by atoms with Crippen LogP contribution in [0, 0.1) is 0 Å². The summed E-state index contributed by atoms with van der Waals surface area (Å²) in [5, 5.41) is 9.64. The van der Waals surface area contributed by atoms with Crippen LogP contribution in [-0.2, 0) is 0 Å². The van der Waals surface area contributed by atoms with Crippen LogP contribution in [-0.4, -0.2) is 23.2 Å². The van der Waals surface area contributed by atoms with Gasteiger partial charge in [0.15, 0.2) is 0 Å². The quantitative estimate of drug-likeness (QED) is 0.766. The number of rotatable bonds is 8. The van der Waals surface area contributed by atoms with Crippen LogP contribution in [0.1, 0.15) is 58.1 Å². The number of hydrogen-bond donors (Lipinski definition) is 1. The van der Waals surface area contributed by atoms with E-state index in [0.717, 1.165) is 24.5 Å². The van der Waals surface area contributed by atoms with Crippen LogP contribution in [0.5, 0.6) is 0 Å². The van der Waals surface area contributed by atoms with Gasteiger partial charge in [-0.3, -0.25) is 0 Å². The second-order valence-corrected chi connectivity index (χ2v) is 4.82. The Labute approximate surface area is 111 Å². The molecule has 3 heteroatoms. The van der Waals surface area contributed by atoms with E-state index < -0.39 is 6.10 Å². The van der Waals surface area contributed by atoms with E-state index in [-0.39, 0.29) is 0 Å². The van der Waals surface area contributed by atoms with E-state index in [0.29, 0.717) is 0 Å². The summed E-state index contributed by atoms with van der Waals surface area (Å²) in [6, 6.07) is 3.89. The van der Waals surface area contributed by atoms with Crippen molar-refractivity contribution in [2.75, 3.05) is 18.0 Å². The molecule has 0 aliphatic carbocycles. The molecule has 0 aliphatic rings. The van der Waals surface area contributed by atoms with Gasteiger partial charge < -0.3 is 10.0 Å². The van der Waals surface area contributed by atoms with E-state index in [1.165, 1.54) is 25.7 Å². The van der Waals surface area contributed by atoms with Gasteiger partial charge >= 0.3 is 0 Å². The number of unbranched alkanes of at least 4 members (excludes halogenated alkanes) is 2. The van der Waals surface area contributed by atoms with E-state index in [9.17, 15) is 5.11 Å². The second-order valence-electron chi connectivity index (χ2n) is 4.82. The summed E-state index contributed by atoms with van der Waals surface area (Å²) in [4.78, 5) is 6.77. The van der Waals surface area contributed by atoms with E-state index >= 15 is 0 Å². The summed E-state index contributed by atoms with van der Waals surface area (Å²) in [6.07, 6.45) is 6.12. The Morgan fingerprint density at radius 2 is 1.83 bits per heavy atom. The van der Waals surface area contributed by atoms with Crippen molar-refractivity contribution < 1.29 is 5.11 Å². The molecule has 0 saturated heterocycles. The fourth-order valence-corrected chi connectivity index (χ4v) is 1.91. The third-order valence-electron chi connectivity index (χ3n) is 3.14. The monoisotopic (exact) mass is 250 g/mol. The fraction of sp³-hybridized carbons (Fsp3) is 0.667. The van der Waals surface area contributed by atoms with Crippen molar-refractivity contribution in [3.63, 3.8) is 0 Å². The molecule has 1 rings (SSSR count). The third-order valence-corrected chi connectivity index (χ3v) is 3.14. The second kappa shape index (κ2) is 8.09. The lowest BCUT2D eigenvalue weighted by Crippen LogP contribution is -2.26. The normalized spacial score (nSPS) is 12.4. The molecule has 0 spiro atoms. The summed E-state index contributed by atoms with van der Waals surface area (Å²) in [6.45, 7) is 8.30. The molecule has 1 N–H and O–H groups in total. The van der Waals surface area contributed by atoms with Gasteiger partial charge in [-0.1, -0.05) is 26.7 Å². The van der Waals surface area contributed by atoms with Crippen LogP contribution in [0.15, 0.2) is 18.3 Å². The maximum atomic E-state index is 9.64. The summed E-state index contributed by atoms with van der Waals surface area (Å²) in [7, 11) is 0. The topological polar surface area (TPSA) is 36.4 Å². The van der Waals surface area contributed by atoms with Gasteiger partial charge in [0, 0.05) is 19.3 Å². The van der Waals surface area contributed by atoms with Gasteiger partial charge in [0.25, 0.3) is 0 Å². The molecular formula is C15H26N2O. The fourth-order valence-electron chi connectivity index (χ4n) is 1.91. The average molecular weight is 250 g/mol.